The first-order valence-corrected chi connectivity index (χ1v) is 9.27. The molecule has 0 aliphatic carbocycles. The van der Waals surface area contributed by atoms with E-state index in [0.717, 1.165) is 16.6 Å². The average Bonchev–Trinajstić information content (AvgIpc) is 2.48. The van der Waals surface area contributed by atoms with Crippen molar-refractivity contribution in [2.45, 2.75) is 6.42 Å². The maximum atomic E-state index is 13.3. The zero-order chi connectivity index (χ0) is 17.7. The van der Waals surface area contributed by atoms with E-state index in [1.54, 1.807) is 24.3 Å². The molecule has 0 aromatic heterocycles. The molecule has 0 unspecified atom stereocenters. The van der Waals surface area contributed by atoms with Crippen LogP contribution in [0.15, 0.2) is 48.5 Å². The topological polar surface area (TPSA) is 66.5 Å². The van der Waals surface area contributed by atoms with E-state index < -0.39 is 15.8 Å². The van der Waals surface area contributed by atoms with Gasteiger partial charge in [-0.25, -0.2) is 12.8 Å². The molecule has 1 N–H and O–H groups in total. The highest BCUT2D eigenvalue weighted by atomic mass is 35.5. The van der Waals surface area contributed by atoms with Crippen LogP contribution in [0.4, 0.5) is 15.8 Å². The number of hydrogen-bond acceptors (Lipinski definition) is 3. The summed E-state index contributed by atoms with van der Waals surface area (Å²) in [7, 11) is -3.64. The Hall–Kier alpha value is -2.12. The molecule has 0 aliphatic rings. The summed E-state index contributed by atoms with van der Waals surface area (Å²) in [5.74, 6) is -0.908. The molecule has 0 spiro atoms. The molecule has 0 heterocycles. The molecular weight excluding hydrogens is 355 g/mol. The third-order valence-corrected chi connectivity index (χ3v) is 4.61. The molecular formula is C16H16ClFN2O3S. The third kappa shape index (κ3) is 5.21. The Balaban J connectivity index is 2.05. The molecule has 24 heavy (non-hydrogen) atoms. The summed E-state index contributed by atoms with van der Waals surface area (Å²) in [4.78, 5) is 12.0. The van der Waals surface area contributed by atoms with Gasteiger partial charge in [-0.05, 0) is 42.5 Å². The van der Waals surface area contributed by atoms with Crippen molar-refractivity contribution in [1.29, 1.82) is 0 Å². The Morgan fingerprint density at radius 2 is 1.88 bits per heavy atom. The van der Waals surface area contributed by atoms with E-state index in [0.29, 0.717) is 10.7 Å². The maximum absolute atomic E-state index is 13.3. The summed E-state index contributed by atoms with van der Waals surface area (Å²) in [5.41, 5.74) is 0.734. The van der Waals surface area contributed by atoms with Crippen molar-refractivity contribution in [3.05, 3.63) is 59.4 Å². The Kier molecular flexibility index (Phi) is 5.80. The first kappa shape index (κ1) is 18.2. The number of anilines is 2. The second-order valence-corrected chi connectivity index (χ2v) is 7.46. The Morgan fingerprint density at radius 1 is 1.21 bits per heavy atom. The van der Waals surface area contributed by atoms with Crippen LogP contribution in [-0.4, -0.2) is 27.1 Å². The molecule has 2 aromatic carbocycles. The summed E-state index contributed by atoms with van der Waals surface area (Å²) < 4.78 is 38.1. The molecule has 0 saturated carbocycles. The van der Waals surface area contributed by atoms with Gasteiger partial charge in [-0.15, -0.1) is 0 Å². The van der Waals surface area contributed by atoms with Crippen LogP contribution >= 0.6 is 11.6 Å². The minimum Gasteiger partial charge on any atom is -0.326 e. The molecule has 0 fully saturated rings. The number of nitrogens with zero attached hydrogens (tertiary/aromatic N) is 1. The zero-order valence-corrected chi connectivity index (χ0v) is 14.4. The summed E-state index contributed by atoms with van der Waals surface area (Å²) >= 11 is 5.77. The number of amides is 1. The lowest BCUT2D eigenvalue weighted by molar-refractivity contribution is -0.116. The van der Waals surface area contributed by atoms with Crippen LogP contribution < -0.4 is 9.62 Å². The van der Waals surface area contributed by atoms with Crippen LogP contribution in [0, 0.1) is 5.82 Å². The number of sulfonamides is 1. The van der Waals surface area contributed by atoms with Crippen LogP contribution in [-0.2, 0) is 14.8 Å². The van der Waals surface area contributed by atoms with Gasteiger partial charge >= 0.3 is 0 Å². The molecule has 2 rings (SSSR count). The summed E-state index contributed by atoms with van der Waals surface area (Å²) in [5, 5.41) is 3.19. The van der Waals surface area contributed by atoms with Crippen molar-refractivity contribution in [2.75, 3.05) is 22.4 Å². The van der Waals surface area contributed by atoms with Crippen LogP contribution in [0.2, 0.25) is 5.02 Å². The quantitative estimate of drug-likeness (QED) is 0.848. The second kappa shape index (κ2) is 7.63. The van der Waals surface area contributed by atoms with Crippen molar-refractivity contribution in [2.24, 2.45) is 0 Å². The first-order valence-electron chi connectivity index (χ1n) is 7.04. The lowest BCUT2D eigenvalue weighted by atomic mass is 10.3. The van der Waals surface area contributed by atoms with E-state index in [2.05, 4.69) is 5.32 Å². The van der Waals surface area contributed by atoms with Gasteiger partial charge in [-0.2, -0.15) is 0 Å². The van der Waals surface area contributed by atoms with E-state index in [4.69, 9.17) is 11.6 Å². The highest BCUT2D eigenvalue weighted by Crippen LogP contribution is 2.19. The van der Waals surface area contributed by atoms with Gasteiger partial charge in [0.15, 0.2) is 0 Å². The second-order valence-electron chi connectivity index (χ2n) is 5.12. The van der Waals surface area contributed by atoms with Gasteiger partial charge < -0.3 is 5.32 Å². The van der Waals surface area contributed by atoms with Crippen molar-refractivity contribution in [3.8, 4) is 0 Å². The molecule has 0 saturated heterocycles. The molecule has 5 nitrogen and oxygen atoms in total. The van der Waals surface area contributed by atoms with E-state index >= 15 is 0 Å². The van der Waals surface area contributed by atoms with Crippen molar-refractivity contribution >= 4 is 38.9 Å². The summed E-state index contributed by atoms with van der Waals surface area (Å²) in [6, 6.07) is 11.8. The van der Waals surface area contributed by atoms with E-state index in [9.17, 15) is 17.6 Å². The van der Waals surface area contributed by atoms with Crippen LogP contribution in [0.3, 0.4) is 0 Å². The van der Waals surface area contributed by atoms with E-state index in [-0.39, 0.29) is 24.6 Å². The van der Waals surface area contributed by atoms with Crippen LogP contribution in [0.1, 0.15) is 6.42 Å². The Morgan fingerprint density at radius 3 is 2.46 bits per heavy atom. The first-order chi connectivity index (χ1) is 11.3. The largest absolute Gasteiger partial charge is 0.326 e. The number of carbonyl (C=O) groups is 1. The molecule has 0 atom stereocenters. The highest BCUT2D eigenvalue weighted by molar-refractivity contribution is 7.92. The average molecular weight is 371 g/mol. The van der Waals surface area contributed by atoms with Gasteiger partial charge in [0, 0.05) is 23.7 Å². The minimum atomic E-state index is -3.64. The molecule has 128 valence electrons. The highest BCUT2D eigenvalue weighted by Gasteiger charge is 2.19. The van der Waals surface area contributed by atoms with Gasteiger partial charge in [0.05, 0.1) is 11.9 Å². The van der Waals surface area contributed by atoms with Crippen LogP contribution in [0.25, 0.3) is 0 Å². The smallest absolute Gasteiger partial charge is 0.232 e. The number of carbonyl (C=O) groups excluding carboxylic acids is 1. The summed E-state index contributed by atoms with van der Waals surface area (Å²) in [6.07, 6.45) is 0.932. The predicted octanol–water partition coefficient (Wildman–Crippen LogP) is 3.27. The van der Waals surface area contributed by atoms with Gasteiger partial charge in [-0.1, -0.05) is 17.7 Å². The third-order valence-electron chi connectivity index (χ3n) is 3.17. The number of nitrogens with one attached hydrogen (secondary N) is 1. The molecule has 0 bridgehead atoms. The van der Waals surface area contributed by atoms with Gasteiger partial charge in [0.2, 0.25) is 15.9 Å². The molecule has 0 radical (unpaired) electrons. The normalized spacial score (nSPS) is 11.1. The summed E-state index contributed by atoms with van der Waals surface area (Å²) in [6.45, 7) is -0.0955. The number of halogens is 2. The van der Waals surface area contributed by atoms with Crippen LogP contribution in [0.5, 0.6) is 0 Å². The molecule has 2 aromatic rings. The van der Waals surface area contributed by atoms with Gasteiger partial charge in [0.25, 0.3) is 0 Å². The maximum Gasteiger partial charge on any atom is 0.232 e. The monoisotopic (exact) mass is 370 g/mol. The van der Waals surface area contributed by atoms with Crippen molar-refractivity contribution in [3.63, 3.8) is 0 Å². The SMILES string of the molecule is CS(=O)(=O)N(CCC(=O)Nc1ccc(Cl)cc1)c1cccc(F)c1. The van der Waals surface area contributed by atoms with E-state index in [1.165, 1.54) is 18.2 Å². The standard InChI is InChI=1S/C16H16ClFN2O3S/c1-24(22,23)20(15-4-2-3-13(18)11-15)10-9-16(21)19-14-7-5-12(17)6-8-14/h2-8,11H,9-10H2,1H3,(H,19,21). The molecule has 0 aliphatic heterocycles. The van der Waals surface area contributed by atoms with Gasteiger partial charge in [0.1, 0.15) is 5.82 Å². The number of rotatable bonds is 6. The molecule has 1 amide bonds. The fourth-order valence-electron chi connectivity index (χ4n) is 2.08. The lowest BCUT2D eigenvalue weighted by Gasteiger charge is -2.22. The number of benzene rings is 2. The lowest BCUT2D eigenvalue weighted by Crippen LogP contribution is -2.33. The van der Waals surface area contributed by atoms with Crippen molar-refractivity contribution in [1.82, 2.24) is 0 Å². The fraction of sp³-hybridized carbons (Fsp3) is 0.188. The number of hydrogen-bond donors (Lipinski definition) is 1. The fourth-order valence-corrected chi connectivity index (χ4v) is 3.12. The zero-order valence-electron chi connectivity index (χ0n) is 12.9. The Labute approximate surface area is 145 Å². The minimum absolute atomic E-state index is 0.0772. The van der Waals surface area contributed by atoms with E-state index in [1.807, 2.05) is 0 Å². The Bertz CT molecular complexity index is 825. The van der Waals surface area contributed by atoms with Crippen molar-refractivity contribution < 1.29 is 17.6 Å². The molecule has 8 heteroatoms. The predicted molar refractivity (Wildman–Crippen MR) is 93.3 cm³/mol. The van der Waals surface area contributed by atoms with Gasteiger partial charge in [-0.3, -0.25) is 9.10 Å².